The maximum atomic E-state index is 12.4. The van der Waals surface area contributed by atoms with Crippen LogP contribution >= 0.6 is 11.8 Å². The first-order chi connectivity index (χ1) is 13.2. The van der Waals surface area contributed by atoms with Crippen molar-refractivity contribution >= 4 is 17.5 Å². The molecule has 2 aliphatic rings. The lowest BCUT2D eigenvalue weighted by atomic mass is 9.81. The molecule has 0 radical (unpaired) electrons. The van der Waals surface area contributed by atoms with E-state index in [0.29, 0.717) is 23.7 Å². The van der Waals surface area contributed by atoms with E-state index in [1.54, 1.807) is 0 Å². The predicted octanol–water partition coefficient (Wildman–Crippen LogP) is 5.35. The topological polar surface area (TPSA) is 53.8 Å². The third kappa shape index (κ3) is 3.66. The van der Waals surface area contributed by atoms with Crippen LogP contribution in [0.4, 0.5) is 0 Å². The predicted molar refractivity (Wildman–Crippen MR) is 109 cm³/mol. The Labute approximate surface area is 165 Å². The molecular formula is C23H24N2OS. The number of carbonyl (C=O) groups excluding carboxylic acids is 1. The van der Waals surface area contributed by atoms with E-state index in [4.69, 9.17) is 4.98 Å². The largest absolute Gasteiger partial charge is 0.298 e. The van der Waals surface area contributed by atoms with Gasteiger partial charge in [-0.3, -0.25) is 4.79 Å². The van der Waals surface area contributed by atoms with Crippen LogP contribution in [0.15, 0.2) is 35.4 Å². The number of fused-ring (bicyclic) bond motifs is 1. The van der Waals surface area contributed by atoms with Crippen LogP contribution in [0.5, 0.6) is 0 Å². The van der Waals surface area contributed by atoms with E-state index in [-0.39, 0.29) is 5.25 Å². The second-order valence-electron chi connectivity index (χ2n) is 7.74. The number of pyridine rings is 1. The van der Waals surface area contributed by atoms with Crippen LogP contribution in [0.1, 0.15) is 55.7 Å². The van der Waals surface area contributed by atoms with E-state index in [9.17, 15) is 10.1 Å². The molecule has 2 unspecified atom stereocenters. The van der Waals surface area contributed by atoms with E-state index in [0.717, 1.165) is 60.4 Å². The number of aromatic nitrogens is 1. The summed E-state index contributed by atoms with van der Waals surface area (Å²) in [5.74, 6) is 0.883. The van der Waals surface area contributed by atoms with Crippen LogP contribution < -0.4 is 0 Å². The number of thioether (sulfide) groups is 1. The highest BCUT2D eigenvalue weighted by molar-refractivity contribution is 8.00. The first-order valence-corrected chi connectivity index (χ1v) is 10.8. The molecule has 1 fully saturated rings. The van der Waals surface area contributed by atoms with Crippen LogP contribution in [0.2, 0.25) is 0 Å². The van der Waals surface area contributed by atoms with Crippen molar-refractivity contribution in [1.82, 2.24) is 4.98 Å². The van der Waals surface area contributed by atoms with Crippen LogP contribution in [-0.2, 0) is 17.6 Å². The van der Waals surface area contributed by atoms with E-state index >= 15 is 0 Å². The highest BCUT2D eigenvalue weighted by atomic mass is 32.2. The molecule has 1 saturated carbocycles. The Kier molecular flexibility index (Phi) is 5.31. The minimum atomic E-state index is -0.0546. The summed E-state index contributed by atoms with van der Waals surface area (Å²) in [6, 6.07) is 12.7. The van der Waals surface area contributed by atoms with Crippen molar-refractivity contribution in [2.45, 2.75) is 62.1 Å². The molecule has 2 aliphatic carbocycles. The van der Waals surface area contributed by atoms with Crippen LogP contribution in [0, 0.1) is 17.2 Å². The minimum absolute atomic E-state index is 0.0546. The third-order valence-electron chi connectivity index (χ3n) is 5.73. The van der Waals surface area contributed by atoms with E-state index in [2.05, 4.69) is 25.1 Å². The molecule has 0 aliphatic heterocycles. The quantitative estimate of drug-likeness (QED) is 0.725. The van der Waals surface area contributed by atoms with Gasteiger partial charge >= 0.3 is 0 Å². The van der Waals surface area contributed by atoms with E-state index in [1.807, 2.05) is 18.2 Å². The maximum Gasteiger partial charge on any atom is 0.146 e. The minimum Gasteiger partial charge on any atom is -0.298 e. The Bertz CT molecular complexity index is 901. The molecule has 27 heavy (non-hydrogen) atoms. The average molecular weight is 377 g/mol. The first-order valence-electron chi connectivity index (χ1n) is 9.88. The monoisotopic (exact) mass is 376 g/mol. The van der Waals surface area contributed by atoms with Gasteiger partial charge in [0.05, 0.1) is 16.5 Å². The summed E-state index contributed by atoms with van der Waals surface area (Å²) in [4.78, 5) is 17.3. The number of rotatable bonds is 3. The number of hydrogen-bond donors (Lipinski definition) is 0. The van der Waals surface area contributed by atoms with Gasteiger partial charge in [-0.15, -0.1) is 0 Å². The van der Waals surface area contributed by atoms with Gasteiger partial charge < -0.3 is 0 Å². The molecule has 4 heteroatoms. The molecule has 0 N–H and O–H groups in total. The molecule has 0 bridgehead atoms. The second-order valence-corrected chi connectivity index (χ2v) is 8.93. The normalized spacial score (nSPS) is 22.1. The molecule has 0 saturated heterocycles. The molecule has 1 aromatic carbocycles. The number of ketones is 1. The molecule has 138 valence electrons. The zero-order valence-electron chi connectivity index (χ0n) is 15.7. The Morgan fingerprint density at radius 3 is 2.67 bits per heavy atom. The van der Waals surface area contributed by atoms with Crippen LogP contribution in [-0.4, -0.2) is 16.0 Å². The van der Waals surface area contributed by atoms with Gasteiger partial charge in [-0.2, -0.15) is 5.26 Å². The molecule has 1 heterocycles. The standard InChI is InChI=1S/C23H24N2OS/c1-15-11-12-17-18(13-15)19(14-24)23(27-21-10-6-5-9-20(21)26)25-22(17)16-7-3-2-4-8-16/h2-4,7-8,15,21H,5-6,9-13H2,1H3. The molecule has 2 atom stereocenters. The van der Waals surface area contributed by atoms with Gasteiger partial charge in [-0.25, -0.2) is 4.98 Å². The summed E-state index contributed by atoms with van der Waals surface area (Å²) in [5, 5.41) is 10.6. The maximum absolute atomic E-state index is 12.4. The second kappa shape index (κ2) is 7.86. The van der Waals surface area contributed by atoms with E-state index < -0.39 is 0 Å². The molecule has 4 rings (SSSR count). The van der Waals surface area contributed by atoms with Gasteiger partial charge in [0.2, 0.25) is 0 Å². The van der Waals surface area contributed by atoms with Crippen molar-refractivity contribution in [2.75, 3.05) is 0 Å². The van der Waals surface area contributed by atoms with Gasteiger partial charge in [0.25, 0.3) is 0 Å². The Hall–Kier alpha value is -2.12. The number of hydrogen-bond acceptors (Lipinski definition) is 4. The number of nitriles is 1. The highest BCUT2D eigenvalue weighted by Gasteiger charge is 2.29. The molecule has 0 amide bonds. The Morgan fingerprint density at radius 2 is 1.93 bits per heavy atom. The van der Waals surface area contributed by atoms with Crippen molar-refractivity contribution < 1.29 is 4.79 Å². The fourth-order valence-electron chi connectivity index (χ4n) is 4.23. The van der Waals surface area contributed by atoms with Crippen molar-refractivity contribution in [2.24, 2.45) is 5.92 Å². The molecule has 1 aromatic heterocycles. The lowest BCUT2D eigenvalue weighted by Crippen LogP contribution is -2.22. The first kappa shape index (κ1) is 18.3. The SMILES string of the molecule is CC1CCc2c(-c3ccccc3)nc(SC3CCCCC3=O)c(C#N)c2C1. The fourth-order valence-corrected chi connectivity index (χ4v) is 5.46. The summed E-state index contributed by atoms with van der Waals surface area (Å²) < 4.78 is 0. The van der Waals surface area contributed by atoms with Gasteiger partial charge in [0.1, 0.15) is 16.9 Å². The Balaban J connectivity index is 1.84. The number of nitrogens with zero attached hydrogens (tertiary/aromatic N) is 2. The summed E-state index contributed by atoms with van der Waals surface area (Å²) in [6.07, 6.45) is 6.65. The Morgan fingerprint density at radius 1 is 1.11 bits per heavy atom. The fraction of sp³-hybridized carbons (Fsp3) is 0.435. The van der Waals surface area contributed by atoms with Gasteiger partial charge in [0.15, 0.2) is 0 Å². The van der Waals surface area contributed by atoms with Crippen molar-refractivity contribution in [3.8, 4) is 17.3 Å². The number of carbonyl (C=O) groups is 1. The number of benzene rings is 1. The summed E-state index contributed by atoms with van der Waals surface area (Å²) in [5.41, 5.74) is 5.21. The van der Waals surface area contributed by atoms with Crippen LogP contribution in [0.25, 0.3) is 11.3 Å². The third-order valence-corrected chi connectivity index (χ3v) is 7.03. The van der Waals surface area contributed by atoms with E-state index in [1.165, 1.54) is 17.3 Å². The van der Waals surface area contributed by atoms with Gasteiger partial charge in [-0.05, 0) is 49.1 Å². The average Bonchev–Trinajstić information content (AvgIpc) is 2.69. The summed E-state index contributed by atoms with van der Waals surface area (Å²) in [6.45, 7) is 2.25. The lowest BCUT2D eigenvalue weighted by Gasteiger charge is -2.27. The van der Waals surface area contributed by atoms with Crippen LogP contribution in [0.3, 0.4) is 0 Å². The molecular weight excluding hydrogens is 352 g/mol. The highest BCUT2D eigenvalue weighted by Crippen LogP contribution is 2.40. The number of Topliss-reactive ketones (excluding diaryl/α,β-unsaturated/α-hetero) is 1. The summed E-state index contributed by atoms with van der Waals surface area (Å²) >= 11 is 1.52. The molecule has 3 nitrogen and oxygen atoms in total. The zero-order valence-corrected chi connectivity index (χ0v) is 16.5. The van der Waals surface area contributed by atoms with Crippen molar-refractivity contribution in [3.05, 3.63) is 47.0 Å². The lowest BCUT2D eigenvalue weighted by molar-refractivity contribution is -0.119. The van der Waals surface area contributed by atoms with Gasteiger partial charge in [0, 0.05) is 12.0 Å². The smallest absolute Gasteiger partial charge is 0.146 e. The van der Waals surface area contributed by atoms with Crippen molar-refractivity contribution in [1.29, 1.82) is 5.26 Å². The van der Waals surface area contributed by atoms with Gasteiger partial charge in [-0.1, -0.05) is 55.4 Å². The molecule has 0 spiro atoms. The van der Waals surface area contributed by atoms with Crippen molar-refractivity contribution in [3.63, 3.8) is 0 Å². The molecule has 2 aromatic rings. The summed E-state index contributed by atoms with van der Waals surface area (Å²) in [7, 11) is 0. The zero-order chi connectivity index (χ0) is 18.8.